The molecule has 3 aromatic rings. The summed E-state index contributed by atoms with van der Waals surface area (Å²) in [6.45, 7) is 3.03. The van der Waals surface area contributed by atoms with E-state index in [0.717, 1.165) is 61.6 Å². The number of anilines is 1. The average molecular weight is 530 g/mol. The van der Waals surface area contributed by atoms with Crippen LogP contribution in [0, 0.1) is 0 Å². The van der Waals surface area contributed by atoms with Gasteiger partial charge in [0, 0.05) is 37.4 Å². The summed E-state index contributed by atoms with van der Waals surface area (Å²) in [4.78, 5) is 23.0. The van der Waals surface area contributed by atoms with E-state index in [2.05, 4.69) is 51.7 Å². The van der Waals surface area contributed by atoms with Crippen LogP contribution in [0.1, 0.15) is 36.8 Å². The van der Waals surface area contributed by atoms with E-state index in [1.54, 1.807) is 7.11 Å². The molecular weight excluding hydrogens is 490 g/mol. The summed E-state index contributed by atoms with van der Waals surface area (Å²) in [5, 5.41) is 0. The fourth-order valence-corrected chi connectivity index (χ4v) is 5.55. The zero-order valence-corrected chi connectivity index (χ0v) is 22.8. The normalized spacial score (nSPS) is 18.2. The van der Waals surface area contributed by atoms with E-state index in [4.69, 9.17) is 14.3 Å². The number of nitrogens with zero attached hydrogens (tertiary/aromatic N) is 2. The van der Waals surface area contributed by atoms with E-state index in [9.17, 15) is 4.79 Å². The molecule has 1 aliphatic heterocycles. The monoisotopic (exact) mass is 529 g/mol. The molecule has 1 amide bonds. The SMILES string of the molecule is COc1ccc(N2CCN(CC(=O)NOCc3ccccc3)[C@@H](Cc3ccccc3)C2)cc1OC1CCCC1. The molecular formula is C32H39N3O4. The molecule has 3 aromatic carbocycles. The number of carbonyl (C=O) groups is 1. The molecule has 7 nitrogen and oxygen atoms in total. The predicted octanol–water partition coefficient (Wildman–Crippen LogP) is 5.00. The quantitative estimate of drug-likeness (QED) is 0.353. The molecule has 39 heavy (non-hydrogen) atoms. The topological polar surface area (TPSA) is 63.3 Å². The second-order valence-corrected chi connectivity index (χ2v) is 10.4. The second kappa shape index (κ2) is 13.5. The lowest BCUT2D eigenvalue weighted by atomic mass is 10.0. The van der Waals surface area contributed by atoms with Crippen molar-refractivity contribution < 1.29 is 19.1 Å². The minimum Gasteiger partial charge on any atom is -0.493 e. The molecule has 1 heterocycles. The van der Waals surface area contributed by atoms with Crippen molar-refractivity contribution in [3.63, 3.8) is 0 Å². The number of hydrogen-bond donors (Lipinski definition) is 1. The van der Waals surface area contributed by atoms with Crippen LogP contribution in [-0.2, 0) is 22.7 Å². The minimum absolute atomic E-state index is 0.130. The summed E-state index contributed by atoms with van der Waals surface area (Å²) in [5.74, 6) is 1.46. The van der Waals surface area contributed by atoms with Gasteiger partial charge in [-0.3, -0.25) is 14.5 Å². The molecule has 7 heteroatoms. The van der Waals surface area contributed by atoms with Crippen LogP contribution in [0.5, 0.6) is 11.5 Å². The van der Waals surface area contributed by atoms with Crippen molar-refractivity contribution in [3.05, 3.63) is 90.0 Å². The van der Waals surface area contributed by atoms with Crippen molar-refractivity contribution in [3.8, 4) is 11.5 Å². The van der Waals surface area contributed by atoms with Crippen LogP contribution in [0.3, 0.4) is 0 Å². The van der Waals surface area contributed by atoms with Crippen LogP contribution in [-0.4, -0.2) is 56.2 Å². The largest absolute Gasteiger partial charge is 0.493 e. The highest BCUT2D eigenvalue weighted by Gasteiger charge is 2.29. The second-order valence-electron chi connectivity index (χ2n) is 10.4. The van der Waals surface area contributed by atoms with Crippen LogP contribution < -0.4 is 19.9 Å². The minimum atomic E-state index is -0.130. The molecule has 1 aliphatic carbocycles. The van der Waals surface area contributed by atoms with Crippen LogP contribution in [0.25, 0.3) is 0 Å². The zero-order chi connectivity index (χ0) is 26.9. The number of nitrogens with one attached hydrogen (secondary N) is 1. The van der Waals surface area contributed by atoms with Crippen molar-refractivity contribution in [2.24, 2.45) is 0 Å². The van der Waals surface area contributed by atoms with Crippen LogP contribution >= 0.6 is 0 Å². The third-order valence-electron chi connectivity index (χ3n) is 7.64. The van der Waals surface area contributed by atoms with Crippen molar-refractivity contribution >= 4 is 11.6 Å². The maximum atomic E-state index is 12.8. The molecule has 1 saturated carbocycles. The van der Waals surface area contributed by atoms with Gasteiger partial charge in [-0.2, -0.15) is 0 Å². The highest BCUT2D eigenvalue weighted by Crippen LogP contribution is 2.35. The molecule has 2 aliphatic rings. The van der Waals surface area contributed by atoms with Gasteiger partial charge in [-0.1, -0.05) is 60.7 Å². The number of methoxy groups -OCH3 is 1. The molecule has 206 valence electrons. The van der Waals surface area contributed by atoms with E-state index in [1.165, 1.54) is 18.4 Å². The third-order valence-corrected chi connectivity index (χ3v) is 7.64. The van der Waals surface area contributed by atoms with Gasteiger partial charge in [-0.05, 0) is 55.4 Å². The van der Waals surface area contributed by atoms with Crippen LogP contribution in [0.4, 0.5) is 5.69 Å². The van der Waals surface area contributed by atoms with Gasteiger partial charge < -0.3 is 14.4 Å². The molecule has 0 bridgehead atoms. The Bertz CT molecular complexity index is 1180. The Morgan fingerprint density at radius 3 is 2.33 bits per heavy atom. The lowest BCUT2D eigenvalue weighted by Crippen LogP contribution is -2.56. The predicted molar refractivity (Wildman–Crippen MR) is 153 cm³/mol. The lowest BCUT2D eigenvalue weighted by molar-refractivity contribution is -0.136. The highest BCUT2D eigenvalue weighted by molar-refractivity contribution is 5.77. The average Bonchev–Trinajstić information content (AvgIpc) is 3.48. The summed E-state index contributed by atoms with van der Waals surface area (Å²) in [6.07, 6.45) is 5.77. The summed E-state index contributed by atoms with van der Waals surface area (Å²) < 4.78 is 12.0. The van der Waals surface area contributed by atoms with Gasteiger partial charge in [0.2, 0.25) is 0 Å². The first-order chi connectivity index (χ1) is 19.2. The first-order valence-corrected chi connectivity index (χ1v) is 14.0. The first-order valence-electron chi connectivity index (χ1n) is 14.0. The maximum absolute atomic E-state index is 12.8. The number of hydroxylamine groups is 1. The maximum Gasteiger partial charge on any atom is 0.257 e. The molecule has 0 spiro atoms. The molecule has 0 radical (unpaired) electrons. The summed E-state index contributed by atoms with van der Waals surface area (Å²) >= 11 is 0. The van der Waals surface area contributed by atoms with Crippen molar-refractivity contribution in [2.75, 3.05) is 38.2 Å². The number of carbonyl (C=O) groups excluding carboxylic acids is 1. The number of amides is 1. The number of piperazine rings is 1. The molecule has 2 fully saturated rings. The molecule has 1 atom stereocenters. The fraction of sp³-hybridized carbons (Fsp3) is 0.406. The Kier molecular flexibility index (Phi) is 9.35. The van der Waals surface area contributed by atoms with Crippen molar-refractivity contribution in [1.82, 2.24) is 10.4 Å². The van der Waals surface area contributed by atoms with Crippen LogP contribution in [0.2, 0.25) is 0 Å². The van der Waals surface area contributed by atoms with Crippen molar-refractivity contribution in [1.29, 1.82) is 0 Å². The van der Waals surface area contributed by atoms with Gasteiger partial charge in [0.25, 0.3) is 5.91 Å². The van der Waals surface area contributed by atoms with Crippen LogP contribution in [0.15, 0.2) is 78.9 Å². The molecule has 0 unspecified atom stereocenters. The van der Waals surface area contributed by atoms with E-state index in [-0.39, 0.29) is 18.1 Å². The first kappa shape index (κ1) is 27.0. The standard InChI is InChI=1S/C32H39N3O4/c1-37-30-17-16-27(21-31(30)39-29-14-8-9-15-29)34-18-19-35(28(22-34)20-25-10-4-2-5-11-25)23-32(36)33-38-24-26-12-6-3-7-13-26/h2-7,10-13,16-17,21,28-29H,8-9,14-15,18-20,22-24H2,1H3,(H,33,36)/t28-/m0/s1. The van der Waals surface area contributed by atoms with E-state index in [0.29, 0.717) is 13.2 Å². The van der Waals surface area contributed by atoms with Gasteiger partial charge in [-0.25, -0.2) is 5.48 Å². The van der Waals surface area contributed by atoms with E-state index >= 15 is 0 Å². The number of benzene rings is 3. The van der Waals surface area contributed by atoms with Crippen molar-refractivity contribution in [2.45, 2.75) is 50.9 Å². The Morgan fingerprint density at radius 1 is 0.897 bits per heavy atom. The summed E-state index contributed by atoms with van der Waals surface area (Å²) in [5.41, 5.74) is 6.03. The van der Waals surface area contributed by atoms with Gasteiger partial charge in [0.1, 0.15) is 0 Å². The van der Waals surface area contributed by atoms with Gasteiger partial charge in [0.05, 0.1) is 26.4 Å². The Labute approximate surface area is 231 Å². The molecule has 1 N–H and O–H groups in total. The molecule has 5 rings (SSSR count). The van der Waals surface area contributed by atoms with E-state index in [1.807, 2.05) is 42.5 Å². The number of ether oxygens (including phenoxy) is 2. The lowest BCUT2D eigenvalue weighted by Gasteiger charge is -2.42. The number of rotatable bonds is 11. The molecule has 1 saturated heterocycles. The molecule has 0 aromatic heterocycles. The van der Waals surface area contributed by atoms with Gasteiger partial charge in [-0.15, -0.1) is 0 Å². The smallest absolute Gasteiger partial charge is 0.257 e. The summed E-state index contributed by atoms with van der Waals surface area (Å²) in [6, 6.07) is 26.7. The Hall–Kier alpha value is -3.55. The zero-order valence-electron chi connectivity index (χ0n) is 22.8. The fourth-order valence-electron chi connectivity index (χ4n) is 5.55. The Morgan fingerprint density at radius 2 is 1.62 bits per heavy atom. The highest BCUT2D eigenvalue weighted by atomic mass is 16.6. The number of hydrogen-bond acceptors (Lipinski definition) is 6. The van der Waals surface area contributed by atoms with E-state index < -0.39 is 0 Å². The Balaban J connectivity index is 1.25. The third kappa shape index (κ3) is 7.52. The van der Waals surface area contributed by atoms with Gasteiger partial charge in [0.15, 0.2) is 11.5 Å². The summed E-state index contributed by atoms with van der Waals surface area (Å²) in [7, 11) is 1.69. The van der Waals surface area contributed by atoms with Gasteiger partial charge >= 0.3 is 0 Å².